The summed E-state index contributed by atoms with van der Waals surface area (Å²) in [7, 11) is 0. The third-order valence-corrected chi connectivity index (χ3v) is 2.82. The molecule has 0 unspecified atom stereocenters. The van der Waals surface area contributed by atoms with Gasteiger partial charge in [0.1, 0.15) is 5.01 Å². The number of halogens is 1. The van der Waals surface area contributed by atoms with Crippen LogP contribution in [0.3, 0.4) is 0 Å². The van der Waals surface area contributed by atoms with Crippen molar-refractivity contribution in [3.8, 4) is 0 Å². The Hall–Kier alpha value is 0.0400. The maximum absolute atomic E-state index is 4.01. The van der Waals surface area contributed by atoms with E-state index in [1.165, 1.54) is 0 Å². The minimum absolute atomic E-state index is 0.129. The van der Waals surface area contributed by atoms with E-state index in [0.717, 1.165) is 8.92 Å². The van der Waals surface area contributed by atoms with Crippen molar-refractivity contribution in [3.05, 3.63) is 8.92 Å². The predicted molar refractivity (Wildman–Crippen MR) is 46.3 cm³/mol. The molecule has 0 atom stereocenters. The lowest BCUT2D eigenvalue weighted by Gasteiger charge is -2.11. The molecule has 0 aromatic carbocycles. The van der Waals surface area contributed by atoms with Gasteiger partial charge in [0.05, 0.1) is 0 Å². The zero-order valence-electron chi connectivity index (χ0n) is 6.18. The molecular formula is C6H9BrN2S. The number of rotatable bonds is 0. The summed E-state index contributed by atoms with van der Waals surface area (Å²) in [6, 6.07) is 0. The smallest absolute Gasteiger partial charge is 0.142 e. The van der Waals surface area contributed by atoms with E-state index in [2.05, 4.69) is 46.9 Å². The molecule has 0 saturated carbocycles. The summed E-state index contributed by atoms with van der Waals surface area (Å²) in [5, 5.41) is 8.95. The van der Waals surface area contributed by atoms with Gasteiger partial charge in [-0.3, -0.25) is 0 Å². The third kappa shape index (κ3) is 1.76. The van der Waals surface area contributed by atoms with Gasteiger partial charge in [0.25, 0.3) is 0 Å². The van der Waals surface area contributed by atoms with Gasteiger partial charge in [-0.2, -0.15) is 0 Å². The molecule has 10 heavy (non-hydrogen) atoms. The van der Waals surface area contributed by atoms with Gasteiger partial charge in [-0.05, 0) is 15.9 Å². The Kier molecular flexibility index (Phi) is 2.10. The second-order valence-corrected chi connectivity index (χ2v) is 5.36. The molecule has 2 nitrogen and oxygen atoms in total. The fourth-order valence-corrected chi connectivity index (χ4v) is 1.68. The molecule has 0 radical (unpaired) electrons. The maximum Gasteiger partial charge on any atom is 0.183 e. The average molecular weight is 221 g/mol. The molecule has 0 spiro atoms. The van der Waals surface area contributed by atoms with Crippen LogP contribution in [0.2, 0.25) is 0 Å². The quantitative estimate of drug-likeness (QED) is 0.672. The lowest BCUT2D eigenvalue weighted by atomic mass is 9.98. The Morgan fingerprint density at radius 2 is 1.90 bits per heavy atom. The van der Waals surface area contributed by atoms with Gasteiger partial charge in [0.2, 0.25) is 0 Å². The molecule has 0 N–H and O–H groups in total. The lowest BCUT2D eigenvalue weighted by Crippen LogP contribution is -2.10. The summed E-state index contributed by atoms with van der Waals surface area (Å²) in [5.74, 6) is 0. The summed E-state index contributed by atoms with van der Waals surface area (Å²) in [4.78, 5) is 0. The van der Waals surface area contributed by atoms with Crippen LogP contribution in [-0.2, 0) is 5.41 Å². The Bertz CT molecular complexity index is 226. The SMILES string of the molecule is CC(C)(C)c1nnc(Br)s1. The topological polar surface area (TPSA) is 25.8 Å². The van der Waals surface area contributed by atoms with Crippen molar-refractivity contribution >= 4 is 27.3 Å². The first-order valence-corrected chi connectivity index (χ1v) is 4.60. The molecule has 0 fully saturated rings. The predicted octanol–water partition coefficient (Wildman–Crippen LogP) is 2.60. The standard InChI is InChI=1S/C6H9BrN2S/c1-6(2,3)4-8-9-5(7)10-4/h1-3H3. The minimum Gasteiger partial charge on any atom is -0.142 e. The second kappa shape index (κ2) is 2.58. The molecule has 1 aromatic rings. The van der Waals surface area contributed by atoms with Crippen LogP contribution >= 0.6 is 27.3 Å². The van der Waals surface area contributed by atoms with E-state index in [1.807, 2.05) is 0 Å². The Balaban J connectivity index is 2.96. The monoisotopic (exact) mass is 220 g/mol. The van der Waals surface area contributed by atoms with E-state index in [1.54, 1.807) is 11.3 Å². The molecule has 0 amide bonds. The van der Waals surface area contributed by atoms with Crippen LogP contribution in [0.15, 0.2) is 3.92 Å². The molecular weight excluding hydrogens is 212 g/mol. The number of nitrogens with zero attached hydrogens (tertiary/aromatic N) is 2. The van der Waals surface area contributed by atoms with Gasteiger partial charge in [0.15, 0.2) is 3.92 Å². The van der Waals surface area contributed by atoms with E-state index < -0.39 is 0 Å². The largest absolute Gasteiger partial charge is 0.183 e. The summed E-state index contributed by atoms with van der Waals surface area (Å²) in [6.45, 7) is 6.37. The van der Waals surface area contributed by atoms with Crippen molar-refractivity contribution < 1.29 is 0 Å². The molecule has 0 bridgehead atoms. The first kappa shape index (κ1) is 8.14. The van der Waals surface area contributed by atoms with Crippen LogP contribution in [-0.4, -0.2) is 10.2 Å². The van der Waals surface area contributed by atoms with Crippen molar-refractivity contribution in [1.82, 2.24) is 10.2 Å². The van der Waals surface area contributed by atoms with Gasteiger partial charge in [0, 0.05) is 5.41 Å². The van der Waals surface area contributed by atoms with Crippen molar-refractivity contribution in [3.63, 3.8) is 0 Å². The molecule has 1 heterocycles. The highest BCUT2D eigenvalue weighted by molar-refractivity contribution is 9.11. The highest BCUT2D eigenvalue weighted by atomic mass is 79.9. The van der Waals surface area contributed by atoms with Crippen LogP contribution < -0.4 is 0 Å². The number of hydrogen-bond donors (Lipinski definition) is 0. The highest BCUT2D eigenvalue weighted by Crippen LogP contribution is 2.27. The Labute approximate surface area is 72.8 Å². The second-order valence-electron chi connectivity index (χ2n) is 3.11. The van der Waals surface area contributed by atoms with Crippen LogP contribution in [0, 0.1) is 0 Å². The fourth-order valence-electron chi connectivity index (χ4n) is 0.508. The normalized spacial score (nSPS) is 12.0. The molecule has 4 heteroatoms. The van der Waals surface area contributed by atoms with Gasteiger partial charge in [-0.15, -0.1) is 10.2 Å². The van der Waals surface area contributed by atoms with Crippen LogP contribution in [0.25, 0.3) is 0 Å². The van der Waals surface area contributed by atoms with E-state index in [4.69, 9.17) is 0 Å². The van der Waals surface area contributed by atoms with E-state index in [0.29, 0.717) is 0 Å². The molecule has 56 valence electrons. The maximum atomic E-state index is 4.01. The summed E-state index contributed by atoms with van der Waals surface area (Å²) in [6.07, 6.45) is 0. The Morgan fingerprint density at radius 3 is 2.10 bits per heavy atom. The van der Waals surface area contributed by atoms with E-state index in [-0.39, 0.29) is 5.41 Å². The highest BCUT2D eigenvalue weighted by Gasteiger charge is 2.18. The van der Waals surface area contributed by atoms with E-state index in [9.17, 15) is 0 Å². The number of aromatic nitrogens is 2. The van der Waals surface area contributed by atoms with Crippen LogP contribution in [0.4, 0.5) is 0 Å². The molecule has 0 aliphatic rings. The van der Waals surface area contributed by atoms with Crippen molar-refractivity contribution in [1.29, 1.82) is 0 Å². The summed E-state index contributed by atoms with van der Waals surface area (Å²) in [5.41, 5.74) is 0.129. The third-order valence-electron chi connectivity index (χ3n) is 1.04. The van der Waals surface area contributed by atoms with Gasteiger partial charge < -0.3 is 0 Å². The number of hydrogen-bond acceptors (Lipinski definition) is 3. The first-order valence-electron chi connectivity index (χ1n) is 2.99. The summed E-state index contributed by atoms with van der Waals surface area (Å²) >= 11 is 4.86. The molecule has 0 saturated heterocycles. The summed E-state index contributed by atoms with van der Waals surface area (Å²) < 4.78 is 0.859. The van der Waals surface area contributed by atoms with E-state index >= 15 is 0 Å². The molecule has 0 aliphatic carbocycles. The molecule has 0 aliphatic heterocycles. The van der Waals surface area contributed by atoms with Crippen molar-refractivity contribution in [2.75, 3.05) is 0 Å². The van der Waals surface area contributed by atoms with Gasteiger partial charge >= 0.3 is 0 Å². The molecule has 1 aromatic heterocycles. The molecule has 1 rings (SSSR count). The minimum atomic E-state index is 0.129. The van der Waals surface area contributed by atoms with Crippen molar-refractivity contribution in [2.45, 2.75) is 26.2 Å². The lowest BCUT2D eigenvalue weighted by molar-refractivity contribution is 0.578. The first-order chi connectivity index (χ1) is 4.50. The van der Waals surface area contributed by atoms with Crippen molar-refractivity contribution in [2.24, 2.45) is 0 Å². The van der Waals surface area contributed by atoms with Gasteiger partial charge in [-0.25, -0.2) is 0 Å². The van der Waals surface area contributed by atoms with Crippen LogP contribution in [0.1, 0.15) is 25.8 Å². The fraction of sp³-hybridized carbons (Fsp3) is 0.667. The zero-order valence-corrected chi connectivity index (χ0v) is 8.58. The zero-order chi connectivity index (χ0) is 7.78. The van der Waals surface area contributed by atoms with Crippen LogP contribution in [0.5, 0.6) is 0 Å². The average Bonchev–Trinajstić information content (AvgIpc) is 2.11. The van der Waals surface area contributed by atoms with Gasteiger partial charge in [-0.1, -0.05) is 32.1 Å². The Morgan fingerprint density at radius 1 is 1.30 bits per heavy atom.